The Bertz CT molecular complexity index is 491. The summed E-state index contributed by atoms with van der Waals surface area (Å²) in [7, 11) is 1.75. The maximum atomic E-state index is 13.9. The standard InChI is InChI=1S/C13H14FNO/c1-8-5-9-11(10(14)6-8)12(16)15(2)7-13(9)3-4-13/h5-6H,3-4,7H2,1-2H3. The third-order valence-corrected chi connectivity index (χ3v) is 3.76. The molecule has 0 unspecified atom stereocenters. The van der Waals surface area contributed by atoms with Gasteiger partial charge in [-0.1, -0.05) is 6.07 Å². The van der Waals surface area contributed by atoms with E-state index in [1.165, 1.54) is 6.07 Å². The van der Waals surface area contributed by atoms with Crippen LogP contribution in [0.3, 0.4) is 0 Å². The van der Waals surface area contributed by atoms with E-state index in [4.69, 9.17) is 0 Å². The smallest absolute Gasteiger partial charge is 0.256 e. The predicted octanol–water partition coefficient (Wildman–Crippen LogP) is 2.25. The number of hydrogen-bond acceptors (Lipinski definition) is 1. The summed E-state index contributed by atoms with van der Waals surface area (Å²) in [4.78, 5) is 13.6. The third-order valence-electron chi connectivity index (χ3n) is 3.76. The van der Waals surface area contributed by atoms with E-state index in [1.54, 1.807) is 11.9 Å². The zero-order valence-electron chi connectivity index (χ0n) is 9.51. The van der Waals surface area contributed by atoms with Crippen LogP contribution in [0.25, 0.3) is 0 Å². The number of carbonyl (C=O) groups is 1. The molecule has 16 heavy (non-hydrogen) atoms. The molecule has 1 aromatic rings. The number of amides is 1. The Balaban J connectivity index is 2.27. The SMILES string of the molecule is Cc1cc(F)c2c(c1)C1(CC1)CN(C)C2=O. The average Bonchev–Trinajstić information content (AvgIpc) is 2.95. The highest BCUT2D eigenvalue weighted by Gasteiger charge is 2.51. The van der Waals surface area contributed by atoms with E-state index in [1.807, 2.05) is 13.0 Å². The molecular weight excluding hydrogens is 205 g/mol. The van der Waals surface area contributed by atoms with Crippen LogP contribution >= 0.6 is 0 Å². The highest BCUT2D eigenvalue weighted by atomic mass is 19.1. The molecule has 0 saturated heterocycles. The van der Waals surface area contributed by atoms with Crippen LogP contribution in [0.4, 0.5) is 4.39 Å². The van der Waals surface area contributed by atoms with Gasteiger partial charge in [-0.05, 0) is 37.0 Å². The lowest BCUT2D eigenvalue weighted by Gasteiger charge is -2.32. The highest BCUT2D eigenvalue weighted by molar-refractivity contribution is 5.98. The Hall–Kier alpha value is -1.38. The number of fused-ring (bicyclic) bond motifs is 2. The molecule has 1 aliphatic carbocycles. The van der Waals surface area contributed by atoms with Crippen molar-refractivity contribution in [3.63, 3.8) is 0 Å². The predicted molar refractivity (Wildman–Crippen MR) is 59.0 cm³/mol. The van der Waals surface area contributed by atoms with E-state index in [0.29, 0.717) is 5.56 Å². The quantitative estimate of drug-likeness (QED) is 0.655. The summed E-state index contributed by atoms with van der Waals surface area (Å²) >= 11 is 0. The number of hydrogen-bond donors (Lipinski definition) is 0. The molecule has 0 atom stereocenters. The Morgan fingerprint density at radius 1 is 1.38 bits per heavy atom. The topological polar surface area (TPSA) is 20.3 Å². The molecule has 1 heterocycles. The van der Waals surface area contributed by atoms with Gasteiger partial charge >= 0.3 is 0 Å². The molecule has 0 radical (unpaired) electrons. The van der Waals surface area contributed by atoms with Gasteiger partial charge in [0.1, 0.15) is 5.82 Å². The largest absolute Gasteiger partial charge is 0.341 e. The minimum atomic E-state index is -0.363. The van der Waals surface area contributed by atoms with Crippen molar-refractivity contribution in [2.45, 2.75) is 25.2 Å². The second-order valence-electron chi connectivity index (χ2n) is 5.11. The summed E-state index contributed by atoms with van der Waals surface area (Å²) in [6.45, 7) is 2.62. The second kappa shape index (κ2) is 2.84. The molecule has 2 nitrogen and oxygen atoms in total. The summed E-state index contributed by atoms with van der Waals surface area (Å²) in [6.07, 6.45) is 2.14. The Morgan fingerprint density at radius 3 is 2.69 bits per heavy atom. The molecular formula is C13H14FNO. The summed E-state index contributed by atoms with van der Waals surface area (Å²) in [6, 6.07) is 3.43. The fourth-order valence-corrected chi connectivity index (χ4v) is 2.76. The van der Waals surface area contributed by atoms with E-state index in [0.717, 1.165) is 30.5 Å². The maximum Gasteiger partial charge on any atom is 0.256 e. The van der Waals surface area contributed by atoms with Crippen LogP contribution in [0, 0.1) is 12.7 Å². The normalized spacial score (nSPS) is 21.2. The number of carbonyl (C=O) groups excluding carboxylic acids is 1. The molecule has 1 saturated carbocycles. The first-order valence-corrected chi connectivity index (χ1v) is 5.60. The van der Waals surface area contributed by atoms with Crippen molar-refractivity contribution < 1.29 is 9.18 Å². The Morgan fingerprint density at radius 2 is 2.06 bits per heavy atom. The molecule has 84 valence electrons. The monoisotopic (exact) mass is 219 g/mol. The van der Waals surface area contributed by atoms with Crippen LogP contribution in [-0.2, 0) is 5.41 Å². The number of halogens is 1. The summed E-state index contributed by atoms with van der Waals surface area (Å²) < 4.78 is 13.9. The third kappa shape index (κ3) is 1.14. The van der Waals surface area contributed by atoms with Gasteiger partial charge in [-0.25, -0.2) is 4.39 Å². The fraction of sp³-hybridized carbons (Fsp3) is 0.462. The number of nitrogens with zero attached hydrogens (tertiary/aromatic N) is 1. The van der Waals surface area contributed by atoms with Crippen LogP contribution in [0.5, 0.6) is 0 Å². The highest BCUT2D eigenvalue weighted by Crippen LogP contribution is 2.52. The van der Waals surface area contributed by atoms with Crippen LogP contribution in [0.1, 0.15) is 34.3 Å². The maximum absolute atomic E-state index is 13.9. The zero-order valence-corrected chi connectivity index (χ0v) is 9.51. The van der Waals surface area contributed by atoms with Crippen LogP contribution < -0.4 is 0 Å². The zero-order chi connectivity index (χ0) is 11.5. The molecule has 3 rings (SSSR count). The molecule has 2 aliphatic rings. The Kier molecular flexibility index (Phi) is 1.74. The molecule has 1 aliphatic heterocycles. The van der Waals surface area contributed by atoms with Crippen LogP contribution in [0.15, 0.2) is 12.1 Å². The first-order valence-electron chi connectivity index (χ1n) is 5.60. The number of benzene rings is 1. The lowest BCUT2D eigenvalue weighted by atomic mass is 9.85. The van der Waals surface area contributed by atoms with E-state index in [-0.39, 0.29) is 17.1 Å². The summed E-state index contributed by atoms with van der Waals surface area (Å²) in [5.74, 6) is -0.539. The molecule has 1 spiro atoms. The molecule has 0 aromatic heterocycles. The van der Waals surface area contributed by atoms with Crippen molar-refractivity contribution in [1.82, 2.24) is 4.90 Å². The van der Waals surface area contributed by atoms with Gasteiger partial charge in [0.25, 0.3) is 5.91 Å². The van der Waals surface area contributed by atoms with Gasteiger partial charge in [0.2, 0.25) is 0 Å². The molecule has 0 N–H and O–H groups in total. The Labute approximate surface area is 94.1 Å². The van der Waals surface area contributed by atoms with Crippen LogP contribution in [0.2, 0.25) is 0 Å². The number of likely N-dealkylation sites (N-methyl/N-ethyl adjacent to an activating group) is 1. The first-order chi connectivity index (χ1) is 7.53. The van der Waals surface area contributed by atoms with E-state index < -0.39 is 0 Å². The summed E-state index contributed by atoms with van der Waals surface area (Å²) in [5.41, 5.74) is 2.20. The molecule has 0 bridgehead atoms. The van der Waals surface area contributed by atoms with Gasteiger partial charge in [-0.15, -0.1) is 0 Å². The fourth-order valence-electron chi connectivity index (χ4n) is 2.76. The van der Waals surface area contributed by atoms with Gasteiger partial charge in [0, 0.05) is 19.0 Å². The van der Waals surface area contributed by atoms with Crippen molar-refractivity contribution in [1.29, 1.82) is 0 Å². The molecule has 1 amide bonds. The molecule has 3 heteroatoms. The lowest BCUT2D eigenvalue weighted by Crippen LogP contribution is -2.41. The van der Waals surface area contributed by atoms with Crippen molar-refractivity contribution in [3.8, 4) is 0 Å². The van der Waals surface area contributed by atoms with Crippen molar-refractivity contribution >= 4 is 5.91 Å². The molecule has 1 aromatic carbocycles. The van der Waals surface area contributed by atoms with Gasteiger partial charge in [-0.3, -0.25) is 4.79 Å². The lowest BCUT2D eigenvalue weighted by molar-refractivity contribution is 0.0752. The first kappa shape index (κ1) is 9.82. The second-order valence-corrected chi connectivity index (χ2v) is 5.11. The van der Waals surface area contributed by atoms with E-state index in [2.05, 4.69) is 0 Å². The van der Waals surface area contributed by atoms with Crippen molar-refractivity contribution in [2.24, 2.45) is 0 Å². The number of aryl methyl sites for hydroxylation is 1. The minimum absolute atomic E-state index is 0.0604. The summed E-state index contributed by atoms with van der Waals surface area (Å²) in [5, 5.41) is 0. The number of rotatable bonds is 0. The van der Waals surface area contributed by atoms with Gasteiger partial charge in [0.05, 0.1) is 5.56 Å². The van der Waals surface area contributed by atoms with Gasteiger partial charge in [0.15, 0.2) is 0 Å². The van der Waals surface area contributed by atoms with Crippen LogP contribution in [-0.4, -0.2) is 24.4 Å². The van der Waals surface area contributed by atoms with E-state index in [9.17, 15) is 9.18 Å². The van der Waals surface area contributed by atoms with E-state index >= 15 is 0 Å². The minimum Gasteiger partial charge on any atom is -0.341 e. The van der Waals surface area contributed by atoms with Crippen molar-refractivity contribution in [3.05, 3.63) is 34.6 Å². The molecule has 1 fully saturated rings. The van der Waals surface area contributed by atoms with Gasteiger partial charge in [-0.2, -0.15) is 0 Å². The van der Waals surface area contributed by atoms with Crippen molar-refractivity contribution in [2.75, 3.05) is 13.6 Å². The van der Waals surface area contributed by atoms with Gasteiger partial charge < -0.3 is 4.90 Å². The average molecular weight is 219 g/mol.